The minimum absolute atomic E-state index is 0.00749. The summed E-state index contributed by atoms with van der Waals surface area (Å²) in [5.74, 6) is -0.631. The third-order valence-electron chi connectivity index (χ3n) is 3.83. The lowest BCUT2D eigenvalue weighted by Gasteiger charge is -2.28. The maximum absolute atomic E-state index is 12.7. The Kier molecular flexibility index (Phi) is 4.15. The molecule has 0 aliphatic carbocycles. The number of hydrogen-bond donors (Lipinski definition) is 1. The fraction of sp³-hybridized carbons (Fsp3) is 0.188. The number of rotatable bonds is 3. The van der Waals surface area contributed by atoms with Crippen LogP contribution in [0.3, 0.4) is 0 Å². The Morgan fingerprint density at radius 1 is 1.25 bits per heavy atom. The number of phenolic OH excluding ortho intramolecular Hbond substituents is 1. The van der Waals surface area contributed by atoms with Crippen molar-refractivity contribution in [3.8, 4) is 11.5 Å². The fourth-order valence-corrected chi connectivity index (χ4v) is 4.31. The minimum Gasteiger partial charge on any atom is -0.504 e. The maximum Gasteiger partial charge on any atom is 0.268 e. The molecule has 6 nitrogen and oxygen atoms in total. The molecule has 0 saturated carbocycles. The third kappa shape index (κ3) is 2.70. The number of ether oxygens (including phenoxy) is 1. The number of carbonyl (C=O) groups is 1. The molecule has 0 atom stereocenters. The molecule has 1 heterocycles. The predicted octanol–water partition coefficient (Wildman–Crippen LogP) is 2.44. The molecule has 0 aromatic heterocycles. The maximum atomic E-state index is 12.7. The van der Waals surface area contributed by atoms with Gasteiger partial charge in [-0.05, 0) is 42.3 Å². The van der Waals surface area contributed by atoms with Crippen LogP contribution in [0, 0.1) is 0 Å². The van der Waals surface area contributed by atoms with E-state index in [9.17, 15) is 18.3 Å². The van der Waals surface area contributed by atoms with Gasteiger partial charge in [-0.2, -0.15) is 0 Å². The number of amides is 1. The molecule has 2 aromatic rings. The first-order valence-electron chi connectivity index (χ1n) is 7.07. The number of halogens is 1. The number of hydrogen-bond acceptors (Lipinski definition) is 5. The zero-order valence-electron chi connectivity index (χ0n) is 12.7. The van der Waals surface area contributed by atoms with Crippen molar-refractivity contribution in [1.29, 1.82) is 0 Å². The summed E-state index contributed by atoms with van der Waals surface area (Å²) < 4.78 is 31.3. The zero-order valence-corrected chi connectivity index (χ0v) is 14.3. The smallest absolute Gasteiger partial charge is 0.268 e. The van der Waals surface area contributed by atoms with Crippen LogP contribution in [0.5, 0.6) is 11.5 Å². The highest BCUT2D eigenvalue weighted by Gasteiger charge is 2.35. The highest BCUT2D eigenvalue weighted by molar-refractivity contribution is 7.89. The molecule has 2 aromatic carbocycles. The van der Waals surface area contributed by atoms with Crippen LogP contribution in [0.25, 0.3) is 0 Å². The van der Waals surface area contributed by atoms with Crippen molar-refractivity contribution < 1.29 is 23.1 Å². The number of aromatic hydroxyl groups is 1. The summed E-state index contributed by atoms with van der Waals surface area (Å²) in [6, 6.07) is 8.54. The highest BCUT2D eigenvalue weighted by Crippen LogP contribution is 2.34. The number of phenols is 1. The average Bonchev–Trinajstić information content (AvgIpc) is 2.54. The van der Waals surface area contributed by atoms with Crippen LogP contribution in [0.1, 0.15) is 15.9 Å². The molecule has 1 aliphatic rings. The van der Waals surface area contributed by atoms with Crippen molar-refractivity contribution in [2.45, 2.75) is 11.3 Å². The van der Waals surface area contributed by atoms with Gasteiger partial charge in [0.2, 0.25) is 0 Å². The van der Waals surface area contributed by atoms with E-state index >= 15 is 0 Å². The molecule has 0 radical (unpaired) electrons. The van der Waals surface area contributed by atoms with Crippen LogP contribution in [-0.4, -0.2) is 37.4 Å². The first-order valence-corrected chi connectivity index (χ1v) is 8.89. The van der Waals surface area contributed by atoms with E-state index in [1.807, 2.05) is 0 Å². The van der Waals surface area contributed by atoms with Crippen molar-refractivity contribution in [1.82, 2.24) is 4.31 Å². The SMILES string of the molecule is COc1cc2c(cc1O)CCN(S(=O)(=O)c1cccc(Cl)c1)C2=O. The van der Waals surface area contributed by atoms with E-state index in [1.54, 1.807) is 6.07 Å². The molecule has 3 rings (SSSR count). The van der Waals surface area contributed by atoms with E-state index in [-0.39, 0.29) is 33.5 Å². The van der Waals surface area contributed by atoms with Crippen molar-refractivity contribution in [2.75, 3.05) is 13.7 Å². The van der Waals surface area contributed by atoms with Gasteiger partial charge in [0.1, 0.15) is 0 Å². The molecule has 24 heavy (non-hydrogen) atoms. The Labute approximate surface area is 144 Å². The summed E-state index contributed by atoms with van der Waals surface area (Å²) in [6.45, 7) is -0.00749. The second-order valence-electron chi connectivity index (χ2n) is 5.27. The summed E-state index contributed by atoms with van der Waals surface area (Å²) in [5, 5.41) is 10.1. The van der Waals surface area contributed by atoms with Gasteiger partial charge in [-0.1, -0.05) is 17.7 Å². The van der Waals surface area contributed by atoms with Gasteiger partial charge in [0.05, 0.1) is 12.0 Å². The summed E-state index contributed by atoms with van der Waals surface area (Å²) in [5.41, 5.74) is 0.775. The fourth-order valence-electron chi connectivity index (χ4n) is 2.62. The summed E-state index contributed by atoms with van der Waals surface area (Å²) in [7, 11) is -2.65. The quantitative estimate of drug-likeness (QED) is 0.900. The predicted molar refractivity (Wildman–Crippen MR) is 88.0 cm³/mol. The zero-order chi connectivity index (χ0) is 17.5. The van der Waals surface area contributed by atoms with Crippen LogP contribution in [0.4, 0.5) is 0 Å². The molecular weight excluding hydrogens is 354 g/mol. The number of methoxy groups -OCH3 is 1. The van der Waals surface area contributed by atoms with Crippen LogP contribution in [0.15, 0.2) is 41.3 Å². The van der Waals surface area contributed by atoms with Gasteiger partial charge in [0, 0.05) is 17.1 Å². The lowest BCUT2D eigenvalue weighted by atomic mass is 9.99. The van der Waals surface area contributed by atoms with Crippen molar-refractivity contribution in [2.24, 2.45) is 0 Å². The van der Waals surface area contributed by atoms with Crippen LogP contribution in [0.2, 0.25) is 5.02 Å². The standard InChI is InChI=1S/C16H14ClNO5S/c1-23-15-9-13-10(7-14(15)19)5-6-18(16(13)20)24(21,22)12-4-2-3-11(17)8-12/h2-4,7-9,19H,5-6H2,1H3. The number of sulfonamides is 1. The summed E-state index contributed by atoms with van der Waals surface area (Å²) in [4.78, 5) is 12.6. The molecule has 8 heteroatoms. The molecule has 1 N–H and O–H groups in total. The van der Waals surface area contributed by atoms with Crippen LogP contribution < -0.4 is 4.74 Å². The second-order valence-corrected chi connectivity index (χ2v) is 7.57. The van der Waals surface area contributed by atoms with Crippen LogP contribution in [-0.2, 0) is 16.4 Å². The topological polar surface area (TPSA) is 83.9 Å². The van der Waals surface area contributed by atoms with Gasteiger partial charge >= 0.3 is 0 Å². The van der Waals surface area contributed by atoms with Crippen molar-refractivity contribution >= 4 is 27.5 Å². The average molecular weight is 368 g/mol. The van der Waals surface area contributed by atoms with E-state index in [2.05, 4.69) is 0 Å². The summed E-state index contributed by atoms with van der Waals surface area (Å²) >= 11 is 5.85. The van der Waals surface area contributed by atoms with E-state index < -0.39 is 15.9 Å². The Hall–Kier alpha value is -2.25. The molecule has 1 amide bonds. The number of nitrogens with zero attached hydrogens (tertiary/aromatic N) is 1. The van der Waals surface area contributed by atoms with Crippen molar-refractivity contribution in [3.05, 3.63) is 52.5 Å². The number of carbonyl (C=O) groups excluding carboxylic acids is 1. The molecule has 0 saturated heterocycles. The largest absolute Gasteiger partial charge is 0.504 e. The van der Waals surface area contributed by atoms with E-state index in [0.29, 0.717) is 12.0 Å². The van der Waals surface area contributed by atoms with Gasteiger partial charge in [0.15, 0.2) is 11.5 Å². The van der Waals surface area contributed by atoms with E-state index in [0.717, 1.165) is 4.31 Å². The molecule has 0 bridgehead atoms. The first kappa shape index (κ1) is 16.6. The molecule has 1 aliphatic heterocycles. The Morgan fingerprint density at radius 2 is 2.00 bits per heavy atom. The molecule has 0 spiro atoms. The Bertz CT molecular complexity index is 926. The number of benzene rings is 2. The van der Waals surface area contributed by atoms with Crippen LogP contribution >= 0.6 is 11.6 Å². The van der Waals surface area contributed by atoms with E-state index in [1.165, 1.54) is 37.4 Å². The molecule has 0 unspecified atom stereocenters. The second kappa shape index (κ2) is 5.99. The summed E-state index contributed by atoms with van der Waals surface area (Å²) in [6.07, 6.45) is 0.304. The van der Waals surface area contributed by atoms with Gasteiger partial charge in [-0.3, -0.25) is 4.79 Å². The molecule has 126 valence electrons. The highest BCUT2D eigenvalue weighted by atomic mass is 35.5. The number of fused-ring (bicyclic) bond motifs is 1. The normalized spacial score (nSPS) is 14.4. The molecular formula is C16H14ClNO5S. The van der Waals surface area contributed by atoms with Gasteiger partial charge in [-0.25, -0.2) is 12.7 Å². The van der Waals surface area contributed by atoms with Gasteiger partial charge in [0.25, 0.3) is 15.9 Å². The van der Waals surface area contributed by atoms with E-state index in [4.69, 9.17) is 16.3 Å². The third-order valence-corrected chi connectivity index (χ3v) is 5.84. The Balaban J connectivity index is 2.05. The lowest BCUT2D eigenvalue weighted by molar-refractivity contribution is 0.0849. The minimum atomic E-state index is -4.01. The van der Waals surface area contributed by atoms with Crippen molar-refractivity contribution in [3.63, 3.8) is 0 Å². The first-order chi connectivity index (χ1) is 11.3. The lowest BCUT2D eigenvalue weighted by Crippen LogP contribution is -2.41. The van der Waals surface area contributed by atoms with Gasteiger partial charge in [-0.15, -0.1) is 0 Å². The van der Waals surface area contributed by atoms with Gasteiger partial charge < -0.3 is 9.84 Å². The Morgan fingerprint density at radius 3 is 2.67 bits per heavy atom. The monoisotopic (exact) mass is 367 g/mol. The molecule has 0 fully saturated rings.